The zero-order valence-electron chi connectivity index (χ0n) is 17.0. The molecule has 3 N–H and O–H groups in total. The van der Waals surface area contributed by atoms with Crippen molar-refractivity contribution in [2.24, 2.45) is 0 Å². The van der Waals surface area contributed by atoms with Gasteiger partial charge in [-0.2, -0.15) is 13.2 Å². The van der Waals surface area contributed by atoms with E-state index in [1.807, 2.05) is 31.2 Å². The van der Waals surface area contributed by atoms with Gasteiger partial charge < -0.3 is 20.5 Å². The Kier molecular flexibility index (Phi) is 8.68. The maximum Gasteiger partial charge on any atom is 0.416 e. The topological polar surface area (TPSA) is 70.6 Å². The first kappa shape index (κ1) is 23.7. The Bertz CT molecular complexity index is 810. The van der Waals surface area contributed by atoms with E-state index in [9.17, 15) is 23.1 Å². The van der Waals surface area contributed by atoms with Crippen molar-refractivity contribution in [2.75, 3.05) is 19.7 Å². The Morgan fingerprint density at radius 3 is 2.50 bits per heavy atom. The normalized spacial score (nSPS) is 13.5. The Balaban J connectivity index is 1.79. The molecule has 0 aliphatic heterocycles. The quantitative estimate of drug-likeness (QED) is 0.511. The maximum absolute atomic E-state index is 12.8. The van der Waals surface area contributed by atoms with Crippen LogP contribution in [0.5, 0.6) is 5.75 Å². The van der Waals surface area contributed by atoms with Crippen molar-refractivity contribution in [3.8, 4) is 5.75 Å². The van der Waals surface area contributed by atoms with Gasteiger partial charge in [-0.1, -0.05) is 24.3 Å². The van der Waals surface area contributed by atoms with E-state index in [-0.39, 0.29) is 24.1 Å². The monoisotopic (exact) mass is 424 g/mol. The number of benzene rings is 2. The number of halogens is 3. The summed E-state index contributed by atoms with van der Waals surface area (Å²) in [5.74, 6) is 0.596. The van der Waals surface area contributed by atoms with E-state index in [0.29, 0.717) is 25.3 Å². The lowest BCUT2D eigenvalue weighted by molar-refractivity contribution is -0.137. The van der Waals surface area contributed by atoms with E-state index in [2.05, 4.69) is 10.6 Å². The lowest BCUT2D eigenvalue weighted by atomic mass is 10.0. The van der Waals surface area contributed by atoms with Crippen molar-refractivity contribution in [1.29, 1.82) is 0 Å². The molecule has 0 aromatic heterocycles. The van der Waals surface area contributed by atoms with Crippen molar-refractivity contribution >= 4 is 5.91 Å². The number of ether oxygens (including phenoxy) is 1. The average molecular weight is 424 g/mol. The minimum absolute atomic E-state index is 0.0111. The van der Waals surface area contributed by atoms with Gasteiger partial charge in [0.05, 0.1) is 18.2 Å². The van der Waals surface area contributed by atoms with Crippen LogP contribution < -0.4 is 15.4 Å². The van der Waals surface area contributed by atoms with Crippen LogP contribution in [0.1, 0.15) is 36.6 Å². The zero-order chi connectivity index (χ0) is 22.1. The van der Waals surface area contributed by atoms with Gasteiger partial charge in [-0.25, -0.2) is 0 Å². The highest BCUT2D eigenvalue weighted by molar-refractivity contribution is 5.72. The molecule has 0 fully saturated rings. The third-order valence-electron chi connectivity index (χ3n) is 4.47. The molecule has 2 unspecified atom stereocenters. The Hall–Kier alpha value is -2.58. The van der Waals surface area contributed by atoms with Crippen molar-refractivity contribution in [1.82, 2.24) is 10.6 Å². The first-order chi connectivity index (χ1) is 14.1. The lowest BCUT2D eigenvalue weighted by Gasteiger charge is -2.18. The molecule has 1 amide bonds. The molecular weight excluding hydrogens is 397 g/mol. The summed E-state index contributed by atoms with van der Waals surface area (Å²) >= 11 is 0. The van der Waals surface area contributed by atoms with Gasteiger partial charge in [0.25, 0.3) is 0 Å². The highest BCUT2D eigenvalue weighted by Gasteiger charge is 2.30. The fourth-order valence-corrected chi connectivity index (χ4v) is 2.90. The average Bonchev–Trinajstić information content (AvgIpc) is 2.70. The molecule has 0 saturated heterocycles. The number of hydrogen-bond acceptors (Lipinski definition) is 4. The predicted octanol–water partition coefficient (Wildman–Crippen LogP) is 3.47. The van der Waals surface area contributed by atoms with Crippen LogP contribution in [0.3, 0.4) is 0 Å². The minimum Gasteiger partial charge on any atom is -0.492 e. The molecule has 0 radical (unpaired) electrons. The smallest absolute Gasteiger partial charge is 0.416 e. The third kappa shape index (κ3) is 8.04. The van der Waals surface area contributed by atoms with Crippen LogP contribution in [0.15, 0.2) is 48.5 Å². The van der Waals surface area contributed by atoms with Gasteiger partial charge >= 0.3 is 6.18 Å². The molecule has 2 aromatic rings. The van der Waals surface area contributed by atoms with Crippen molar-refractivity contribution < 1.29 is 27.8 Å². The fraction of sp³-hybridized carbons (Fsp3) is 0.409. The van der Waals surface area contributed by atoms with Gasteiger partial charge in [-0.05, 0) is 48.7 Å². The van der Waals surface area contributed by atoms with Gasteiger partial charge in [0.2, 0.25) is 5.91 Å². The van der Waals surface area contributed by atoms with Crippen LogP contribution in [-0.4, -0.2) is 36.8 Å². The predicted molar refractivity (Wildman–Crippen MR) is 108 cm³/mol. The molecule has 0 spiro atoms. The first-order valence-electron chi connectivity index (χ1n) is 9.70. The number of amides is 1. The highest BCUT2D eigenvalue weighted by atomic mass is 19.4. The van der Waals surface area contributed by atoms with E-state index < -0.39 is 17.8 Å². The third-order valence-corrected chi connectivity index (χ3v) is 4.47. The van der Waals surface area contributed by atoms with Gasteiger partial charge in [0, 0.05) is 19.5 Å². The Morgan fingerprint density at radius 1 is 1.17 bits per heavy atom. The molecule has 2 aromatic carbocycles. The molecule has 2 atom stereocenters. The number of aliphatic hydroxyl groups excluding tert-OH is 1. The number of carbonyl (C=O) groups excluding carboxylic acids is 1. The molecule has 5 nitrogen and oxygen atoms in total. The summed E-state index contributed by atoms with van der Waals surface area (Å²) in [6.45, 7) is 4.35. The Morgan fingerprint density at radius 2 is 1.87 bits per heavy atom. The van der Waals surface area contributed by atoms with Crippen LogP contribution in [0.25, 0.3) is 0 Å². The van der Waals surface area contributed by atoms with Crippen molar-refractivity contribution in [3.63, 3.8) is 0 Å². The van der Waals surface area contributed by atoms with Gasteiger partial charge in [-0.15, -0.1) is 0 Å². The van der Waals surface area contributed by atoms with Crippen LogP contribution >= 0.6 is 0 Å². The Labute approximate surface area is 174 Å². The molecule has 0 aliphatic rings. The van der Waals surface area contributed by atoms with E-state index in [1.54, 1.807) is 0 Å². The molecular formula is C22H27F3N2O3. The number of carbonyl (C=O) groups is 1. The zero-order valence-corrected chi connectivity index (χ0v) is 17.0. The summed E-state index contributed by atoms with van der Waals surface area (Å²) in [7, 11) is 0. The molecule has 30 heavy (non-hydrogen) atoms. The van der Waals surface area contributed by atoms with Gasteiger partial charge in [0.15, 0.2) is 0 Å². The second-order valence-corrected chi connectivity index (χ2v) is 7.13. The number of aliphatic hydroxyl groups is 1. The number of rotatable bonds is 10. The van der Waals surface area contributed by atoms with Crippen molar-refractivity contribution in [3.05, 3.63) is 65.2 Å². The molecule has 0 bridgehead atoms. The second-order valence-electron chi connectivity index (χ2n) is 7.13. The van der Waals surface area contributed by atoms with Gasteiger partial charge in [0.1, 0.15) is 12.4 Å². The standard InChI is InChI=1S/C22H27F3N2O3/c1-15(12-17-6-8-20(9-7-17)30-11-10-26-16(2)28)27-14-21(29)18-4-3-5-19(13-18)22(23,24)25/h3-9,13,15,21,27,29H,10-12,14H2,1-2H3,(H,26,28). The van der Waals surface area contributed by atoms with E-state index in [4.69, 9.17) is 4.74 Å². The lowest BCUT2D eigenvalue weighted by Crippen LogP contribution is -2.32. The van der Waals surface area contributed by atoms with Crippen molar-refractivity contribution in [2.45, 2.75) is 38.6 Å². The van der Waals surface area contributed by atoms with E-state index >= 15 is 0 Å². The number of alkyl halides is 3. The summed E-state index contributed by atoms with van der Waals surface area (Å²) in [5, 5.41) is 16.0. The van der Waals surface area contributed by atoms with Crippen LogP contribution in [0.4, 0.5) is 13.2 Å². The second kappa shape index (κ2) is 11.0. The molecule has 0 aliphatic carbocycles. The maximum atomic E-state index is 12.8. The number of hydrogen-bond donors (Lipinski definition) is 3. The summed E-state index contributed by atoms with van der Waals surface area (Å²) in [6, 6.07) is 12.3. The summed E-state index contributed by atoms with van der Waals surface area (Å²) in [6.07, 6.45) is -4.79. The van der Waals surface area contributed by atoms with E-state index in [0.717, 1.165) is 17.7 Å². The highest BCUT2D eigenvalue weighted by Crippen LogP contribution is 2.30. The minimum atomic E-state index is -4.43. The molecule has 0 saturated carbocycles. The van der Waals surface area contributed by atoms with Crippen LogP contribution in [0, 0.1) is 0 Å². The summed E-state index contributed by atoms with van der Waals surface area (Å²) < 4.78 is 44.0. The fourth-order valence-electron chi connectivity index (χ4n) is 2.90. The number of nitrogens with one attached hydrogen (secondary N) is 2. The molecule has 164 valence electrons. The SMILES string of the molecule is CC(=O)NCCOc1ccc(CC(C)NCC(O)c2cccc(C(F)(F)F)c2)cc1. The molecule has 8 heteroatoms. The van der Waals surface area contributed by atoms with Crippen LogP contribution in [0.2, 0.25) is 0 Å². The van der Waals surface area contributed by atoms with E-state index in [1.165, 1.54) is 19.1 Å². The molecule has 0 heterocycles. The largest absolute Gasteiger partial charge is 0.492 e. The molecule has 2 rings (SSSR count). The first-order valence-corrected chi connectivity index (χ1v) is 9.70. The summed E-state index contributed by atoms with van der Waals surface area (Å²) in [4.78, 5) is 10.8. The summed E-state index contributed by atoms with van der Waals surface area (Å²) in [5.41, 5.74) is 0.509. The van der Waals surface area contributed by atoms with Gasteiger partial charge in [-0.3, -0.25) is 4.79 Å². The van der Waals surface area contributed by atoms with Crippen LogP contribution in [-0.2, 0) is 17.4 Å².